The van der Waals surface area contributed by atoms with Crippen molar-refractivity contribution in [3.8, 4) is 5.75 Å². The quantitative estimate of drug-likeness (QED) is 0.668. The van der Waals surface area contributed by atoms with Crippen molar-refractivity contribution in [2.45, 2.75) is 20.8 Å². The first-order chi connectivity index (χ1) is 10.4. The largest absolute Gasteiger partial charge is 0.482 e. The van der Waals surface area contributed by atoms with Crippen LogP contribution in [0.1, 0.15) is 16.7 Å². The van der Waals surface area contributed by atoms with Gasteiger partial charge in [-0.3, -0.25) is 4.79 Å². The summed E-state index contributed by atoms with van der Waals surface area (Å²) in [5, 5.41) is 2.76. The lowest BCUT2D eigenvalue weighted by Gasteiger charge is -2.12. The molecule has 0 unspecified atom stereocenters. The van der Waals surface area contributed by atoms with Gasteiger partial charge in [-0.15, -0.1) is 0 Å². The molecule has 0 aliphatic rings. The molecule has 0 radical (unpaired) electrons. The summed E-state index contributed by atoms with van der Waals surface area (Å²) in [6.45, 7) is 5.82. The molecule has 0 aliphatic heterocycles. The average Bonchev–Trinajstić information content (AvgIpc) is 2.40. The van der Waals surface area contributed by atoms with E-state index in [0.29, 0.717) is 11.6 Å². The summed E-state index contributed by atoms with van der Waals surface area (Å²) in [4.78, 5) is 16.2. The van der Waals surface area contributed by atoms with Crippen molar-refractivity contribution in [2.24, 2.45) is 0 Å². The Morgan fingerprint density at radius 3 is 2.64 bits per heavy atom. The van der Waals surface area contributed by atoms with Crippen LogP contribution in [0, 0.1) is 24.3 Å². The molecular formula is C16H16BrIN2O2. The zero-order valence-corrected chi connectivity index (χ0v) is 16.3. The highest BCUT2D eigenvalue weighted by Gasteiger charge is 2.11. The SMILES string of the molecule is Cc1cc(C)c(OCC(=O)Nc2ncc(I)cc2C)c(Br)c1. The number of carbonyl (C=O) groups excluding carboxylic acids is 1. The lowest BCUT2D eigenvalue weighted by Crippen LogP contribution is -2.21. The van der Waals surface area contributed by atoms with Crippen LogP contribution in [0.3, 0.4) is 0 Å². The van der Waals surface area contributed by atoms with Gasteiger partial charge in [-0.2, -0.15) is 0 Å². The second-order valence-electron chi connectivity index (χ2n) is 5.05. The van der Waals surface area contributed by atoms with Crippen molar-refractivity contribution in [1.29, 1.82) is 0 Å². The highest BCUT2D eigenvalue weighted by molar-refractivity contribution is 14.1. The maximum Gasteiger partial charge on any atom is 0.263 e. The van der Waals surface area contributed by atoms with Gasteiger partial charge in [-0.25, -0.2) is 4.98 Å². The molecule has 1 N–H and O–H groups in total. The number of amides is 1. The molecule has 1 heterocycles. The molecule has 0 saturated carbocycles. The molecule has 0 bridgehead atoms. The van der Waals surface area contributed by atoms with E-state index in [1.54, 1.807) is 6.20 Å². The molecule has 0 atom stereocenters. The number of halogens is 2. The third-order valence-corrected chi connectivity index (χ3v) is 4.20. The summed E-state index contributed by atoms with van der Waals surface area (Å²) < 4.78 is 7.51. The fraction of sp³-hybridized carbons (Fsp3) is 0.250. The van der Waals surface area contributed by atoms with E-state index in [2.05, 4.69) is 48.8 Å². The van der Waals surface area contributed by atoms with Gasteiger partial charge in [0.05, 0.1) is 4.47 Å². The number of aryl methyl sites for hydroxylation is 3. The van der Waals surface area contributed by atoms with Crippen molar-refractivity contribution in [1.82, 2.24) is 4.98 Å². The topological polar surface area (TPSA) is 51.2 Å². The highest BCUT2D eigenvalue weighted by atomic mass is 127. The van der Waals surface area contributed by atoms with Gasteiger partial charge in [-0.1, -0.05) is 6.07 Å². The van der Waals surface area contributed by atoms with Gasteiger partial charge in [0.15, 0.2) is 6.61 Å². The molecule has 2 aromatic rings. The number of pyridine rings is 1. The molecule has 6 heteroatoms. The normalized spacial score (nSPS) is 10.4. The maximum atomic E-state index is 12.0. The molecule has 22 heavy (non-hydrogen) atoms. The minimum atomic E-state index is -0.233. The number of nitrogens with zero attached hydrogens (tertiary/aromatic N) is 1. The van der Waals surface area contributed by atoms with E-state index in [0.717, 1.165) is 24.7 Å². The van der Waals surface area contributed by atoms with E-state index >= 15 is 0 Å². The number of anilines is 1. The van der Waals surface area contributed by atoms with E-state index in [9.17, 15) is 4.79 Å². The van der Waals surface area contributed by atoms with E-state index in [1.807, 2.05) is 39.0 Å². The maximum absolute atomic E-state index is 12.0. The summed E-state index contributed by atoms with van der Waals surface area (Å²) in [5.74, 6) is 1.02. The third-order valence-electron chi connectivity index (χ3n) is 3.02. The van der Waals surface area contributed by atoms with Crippen molar-refractivity contribution < 1.29 is 9.53 Å². The average molecular weight is 475 g/mol. The number of carbonyl (C=O) groups is 1. The fourth-order valence-corrected chi connectivity index (χ4v) is 3.46. The third kappa shape index (κ3) is 4.42. The van der Waals surface area contributed by atoms with E-state index in [1.165, 1.54) is 0 Å². The van der Waals surface area contributed by atoms with Crippen molar-refractivity contribution >= 4 is 50.2 Å². The number of rotatable bonds is 4. The minimum absolute atomic E-state index is 0.0599. The molecule has 1 aromatic carbocycles. The molecule has 1 aromatic heterocycles. The van der Waals surface area contributed by atoms with Crippen LogP contribution in [-0.4, -0.2) is 17.5 Å². The first kappa shape index (κ1) is 17.2. The zero-order chi connectivity index (χ0) is 16.3. The van der Waals surface area contributed by atoms with Crippen LogP contribution in [-0.2, 0) is 4.79 Å². The molecule has 1 amide bonds. The standard InChI is InChI=1S/C16H16BrIN2O2/c1-9-4-10(2)15(13(17)5-9)22-8-14(21)20-16-11(3)6-12(18)7-19-16/h4-7H,8H2,1-3H3,(H,19,20,21). The van der Waals surface area contributed by atoms with Crippen LogP contribution >= 0.6 is 38.5 Å². The Morgan fingerprint density at radius 1 is 1.27 bits per heavy atom. The summed E-state index contributed by atoms with van der Waals surface area (Å²) >= 11 is 5.65. The van der Waals surface area contributed by atoms with Crippen LogP contribution in [0.5, 0.6) is 5.75 Å². The molecule has 4 nitrogen and oxygen atoms in total. The predicted octanol–water partition coefficient (Wildman–Crippen LogP) is 4.39. The van der Waals surface area contributed by atoms with Crippen molar-refractivity contribution in [3.05, 3.63) is 49.1 Å². The lowest BCUT2D eigenvalue weighted by molar-refractivity contribution is -0.118. The van der Waals surface area contributed by atoms with Gasteiger partial charge in [0, 0.05) is 9.77 Å². The van der Waals surface area contributed by atoms with E-state index < -0.39 is 0 Å². The van der Waals surface area contributed by atoms with Crippen LogP contribution in [0.4, 0.5) is 5.82 Å². The Kier molecular flexibility index (Phi) is 5.80. The number of hydrogen-bond acceptors (Lipinski definition) is 3. The molecule has 116 valence electrons. The van der Waals surface area contributed by atoms with Crippen LogP contribution in [0.25, 0.3) is 0 Å². The van der Waals surface area contributed by atoms with Crippen LogP contribution in [0.15, 0.2) is 28.9 Å². The smallest absolute Gasteiger partial charge is 0.263 e. The molecule has 2 rings (SSSR count). The predicted molar refractivity (Wildman–Crippen MR) is 99.4 cm³/mol. The summed E-state index contributed by atoms with van der Waals surface area (Å²) in [5.41, 5.74) is 3.05. The number of benzene rings is 1. The Labute approximate surface area is 151 Å². The molecule has 0 spiro atoms. The second-order valence-corrected chi connectivity index (χ2v) is 7.15. The minimum Gasteiger partial charge on any atom is -0.482 e. The van der Waals surface area contributed by atoms with Gasteiger partial charge in [0.2, 0.25) is 0 Å². The van der Waals surface area contributed by atoms with Crippen LogP contribution in [0.2, 0.25) is 0 Å². The van der Waals surface area contributed by atoms with Gasteiger partial charge in [0.25, 0.3) is 5.91 Å². The van der Waals surface area contributed by atoms with Gasteiger partial charge < -0.3 is 10.1 Å². The lowest BCUT2D eigenvalue weighted by atomic mass is 10.1. The number of hydrogen-bond donors (Lipinski definition) is 1. The highest BCUT2D eigenvalue weighted by Crippen LogP contribution is 2.30. The Balaban J connectivity index is 2.02. The first-order valence-corrected chi connectivity index (χ1v) is 8.55. The van der Waals surface area contributed by atoms with E-state index in [-0.39, 0.29) is 12.5 Å². The molecule has 0 aliphatic carbocycles. The zero-order valence-electron chi connectivity index (χ0n) is 12.5. The van der Waals surface area contributed by atoms with Crippen molar-refractivity contribution in [3.63, 3.8) is 0 Å². The summed E-state index contributed by atoms with van der Waals surface area (Å²) in [7, 11) is 0. The summed E-state index contributed by atoms with van der Waals surface area (Å²) in [6.07, 6.45) is 1.71. The molecule has 0 saturated heterocycles. The number of nitrogens with one attached hydrogen (secondary N) is 1. The van der Waals surface area contributed by atoms with Crippen molar-refractivity contribution in [2.75, 3.05) is 11.9 Å². The van der Waals surface area contributed by atoms with Gasteiger partial charge >= 0.3 is 0 Å². The monoisotopic (exact) mass is 474 g/mol. The first-order valence-electron chi connectivity index (χ1n) is 6.68. The Morgan fingerprint density at radius 2 is 2.00 bits per heavy atom. The molecular weight excluding hydrogens is 459 g/mol. The van der Waals surface area contributed by atoms with E-state index in [4.69, 9.17) is 4.74 Å². The second kappa shape index (κ2) is 7.41. The van der Waals surface area contributed by atoms with Gasteiger partial charge in [-0.05, 0) is 88.1 Å². The van der Waals surface area contributed by atoms with Crippen LogP contribution < -0.4 is 10.1 Å². The Bertz CT molecular complexity index is 696. The van der Waals surface area contributed by atoms with Gasteiger partial charge in [0.1, 0.15) is 11.6 Å². The number of ether oxygens (including phenoxy) is 1. The fourth-order valence-electron chi connectivity index (χ4n) is 2.06. The molecule has 0 fully saturated rings. The number of aromatic nitrogens is 1. The Hall–Kier alpha value is -1.15. The summed E-state index contributed by atoms with van der Waals surface area (Å²) in [6, 6.07) is 5.94.